The molecule has 0 radical (unpaired) electrons. The van der Waals surface area contributed by atoms with Crippen molar-refractivity contribution in [2.45, 2.75) is 58.9 Å². The van der Waals surface area contributed by atoms with E-state index in [2.05, 4.69) is 26.1 Å². The first-order valence-electron chi connectivity index (χ1n) is 7.25. The van der Waals surface area contributed by atoms with Gasteiger partial charge < -0.3 is 10.2 Å². The average molecular weight is 240 g/mol. The number of amides is 1. The molecule has 0 saturated carbocycles. The van der Waals surface area contributed by atoms with Gasteiger partial charge in [0.25, 0.3) is 0 Å². The lowest BCUT2D eigenvalue weighted by atomic mass is 9.90. The van der Waals surface area contributed by atoms with Gasteiger partial charge in [0.1, 0.15) is 0 Å². The monoisotopic (exact) mass is 240 g/mol. The van der Waals surface area contributed by atoms with Crippen molar-refractivity contribution in [3.05, 3.63) is 0 Å². The van der Waals surface area contributed by atoms with Crippen LogP contribution >= 0.6 is 0 Å². The number of nitrogens with one attached hydrogen (secondary N) is 1. The van der Waals surface area contributed by atoms with Gasteiger partial charge in [-0.1, -0.05) is 27.2 Å². The number of hydrogen-bond acceptors (Lipinski definition) is 2. The van der Waals surface area contributed by atoms with E-state index in [9.17, 15) is 4.79 Å². The van der Waals surface area contributed by atoms with Crippen molar-refractivity contribution in [1.29, 1.82) is 0 Å². The summed E-state index contributed by atoms with van der Waals surface area (Å²) in [7, 11) is 0. The lowest BCUT2D eigenvalue weighted by Crippen LogP contribution is -2.50. The number of hydrogen-bond donors (Lipinski definition) is 1. The van der Waals surface area contributed by atoms with Crippen LogP contribution in [0.2, 0.25) is 0 Å². The van der Waals surface area contributed by atoms with Crippen molar-refractivity contribution >= 4 is 5.91 Å². The largest absolute Gasteiger partial charge is 0.341 e. The third-order valence-corrected chi connectivity index (χ3v) is 3.69. The van der Waals surface area contributed by atoms with E-state index >= 15 is 0 Å². The summed E-state index contributed by atoms with van der Waals surface area (Å²) >= 11 is 0. The maximum Gasteiger partial charge on any atom is 0.239 e. The molecule has 0 aromatic carbocycles. The molecule has 17 heavy (non-hydrogen) atoms. The zero-order valence-corrected chi connectivity index (χ0v) is 11.7. The lowest BCUT2D eigenvalue weighted by molar-refractivity contribution is -0.134. The third kappa shape index (κ3) is 4.30. The molecule has 1 aliphatic rings. The Hall–Kier alpha value is -0.570. The normalized spacial score (nSPS) is 24.6. The molecule has 1 saturated heterocycles. The molecule has 2 unspecified atom stereocenters. The molecule has 1 rings (SSSR count). The molecule has 100 valence electrons. The molecule has 1 aliphatic heterocycles. The Balaban J connectivity index is 2.53. The smallest absolute Gasteiger partial charge is 0.239 e. The predicted octanol–water partition coefficient (Wildman–Crippen LogP) is 2.41. The fraction of sp³-hybridized carbons (Fsp3) is 0.929. The van der Waals surface area contributed by atoms with Crippen LogP contribution in [-0.2, 0) is 4.79 Å². The van der Waals surface area contributed by atoms with Crippen LogP contribution in [0.3, 0.4) is 0 Å². The highest BCUT2D eigenvalue weighted by molar-refractivity contribution is 5.82. The standard InChI is InChI=1S/C14H28N2O/c1-4-9-16(10-5-2)14(17)13-11-12(6-3)7-8-15-13/h12-13,15H,4-11H2,1-3H3. The number of piperidine rings is 1. The third-order valence-electron chi connectivity index (χ3n) is 3.69. The van der Waals surface area contributed by atoms with Gasteiger partial charge >= 0.3 is 0 Å². The van der Waals surface area contributed by atoms with E-state index in [0.29, 0.717) is 5.91 Å². The second kappa shape index (κ2) is 7.70. The Morgan fingerprint density at radius 1 is 1.24 bits per heavy atom. The lowest BCUT2D eigenvalue weighted by Gasteiger charge is -2.33. The molecule has 1 amide bonds. The molecule has 3 heteroatoms. The molecule has 0 spiro atoms. The number of carbonyl (C=O) groups is 1. The maximum atomic E-state index is 12.4. The second-order valence-corrected chi connectivity index (χ2v) is 5.13. The van der Waals surface area contributed by atoms with Crippen molar-refractivity contribution in [2.75, 3.05) is 19.6 Å². The Bertz CT molecular complexity index is 224. The quantitative estimate of drug-likeness (QED) is 0.773. The number of rotatable bonds is 6. The minimum absolute atomic E-state index is 0.0757. The summed E-state index contributed by atoms with van der Waals surface area (Å²) in [5.74, 6) is 1.06. The summed E-state index contributed by atoms with van der Waals surface area (Å²) in [6.45, 7) is 9.32. The Morgan fingerprint density at radius 3 is 2.41 bits per heavy atom. The Kier molecular flexibility index (Phi) is 6.56. The molecule has 0 aliphatic carbocycles. The van der Waals surface area contributed by atoms with Gasteiger partial charge in [0.05, 0.1) is 6.04 Å². The number of nitrogens with zero attached hydrogens (tertiary/aromatic N) is 1. The highest BCUT2D eigenvalue weighted by atomic mass is 16.2. The Morgan fingerprint density at radius 2 is 1.88 bits per heavy atom. The van der Waals surface area contributed by atoms with E-state index in [1.54, 1.807) is 0 Å². The van der Waals surface area contributed by atoms with E-state index in [0.717, 1.165) is 44.8 Å². The van der Waals surface area contributed by atoms with Gasteiger partial charge in [-0.3, -0.25) is 4.79 Å². The van der Waals surface area contributed by atoms with Gasteiger partial charge in [0.15, 0.2) is 0 Å². The topological polar surface area (TPSA) is 32.3 Å². The van der Waals surface area contributed by atoms with Crippen LogP contribution < -0.4 is 5.32 Å². The van der Waals surface area contributed by atoms with Crippen molar-refractivity contribution in [3.63, 3.8) is 0 Å². The molecule has 0 bridgehead atoms. The first-order chi connectivity index (χ1) is 8.22. The minimum atomic E-state index is 0.0757. The minimum Gasteiger partial charge on any atom is -0.341 e. The average Bonchev–Trinajstić information content (AvgIpc) is 2.38. The zero-order chi connectivity index (χ0) is 12.7. The summed E-state index contributed by atoms with van der Waals surface area (Å²) in [5, 5.41) is 3.39. The van der Waals surface area contributed by atoms with Gasteiger partial charge in [-0.05, 0) is 38.1 Å². The molecule has 1 N–H and O–H groups in total. The van der Waals surface area contributed by atoms with Crippen LogP contribution in [0.25, 0.3) is 0 Å². The molecule has 0 aromatic rings. The molecule has 3 nitrogen and oxygen atoms in total. The molecular formula is C14H28N2O. The van der Waals surface area contributed by atoms with Crippen molar-refractivity contribution in [2.24, 2.45) is 5.92 Å². The first-order valence-corrected chi connectivity index (χ1v) is 7.25. The zero-order valence-electron chi connectivity index (χ0n) is 11.7. The molecule has 2 atom stereocenters. The van der Waals surface area contributed by atoms with E-state index in [1.165, 1.54) is 12.8 Å². The molecule has 1 fully saturated rings. The summed E-state index contributed by atoms with van der Waals surface area (Å²) in [5.41, 5.74) is 0. The fourth-order valence-corrected chi connectivity index (χ4v) is 2.65. The summed E-state index contributed by atoms with van der Waals surface area (Å²) in [6.07, 6.45) is 5.56. The highest BCUT2D eigenvalue weighted by Gasteiger charge is 2.28. The van der Waals surface area contributed by atoms with Crippen LogP contribution in [0.5, 0.6) is 0 Å². The van der Waals surface area contributed by atoms with Gasteiger partial charge in [0.2, 0.25) is 5.91 Å². The summed E-state index contributed by atoms with van der Waals surface area (Å²) in [6, 6.07) is 0.0757. The van der Waals surface area contributed by atoms with Crippen LogP contribution in [0.1, 0.15) is 52.9 Å². The van der Waals surface area contributed by atoms with Crippen LogP contribution in [0.4, 0.5) is 0 Å². The first kappa shape index (κ1) is 14.5. The maximum absolute atomic E-state index is 12.4. The van der Waals surface area contributed by atoms with Crippen molar-refractivity contribution in [3.8, 4) is 0 Å². The summed E-state index contributed by atoms with van der Waals surface area (Å²) < 4.78 is 0. The SMILES string of the molecule is CCCN(CCC)C(=O)C1CC(CC)CCN1. The second-order valence-electron chi connectivity index (χ2n) is 5.13. The highest BCUT2D eigenvalue weighted by Crippen LogP contribution is 2.20. The van der Waals surface area contributed by atoms with Crippen LogP contribution in [0.15, 0.2) is 0 Å². The Labute approximate surface area is 106 Å². The van der Waals surface area contributed by atoms with E-state index in [4.69, 9.17) is 0 Å². The van der Waals surface area contributed by atoms with Gasteiger partial charge in [-0.15, -0.1) is 0 Å². The van der Waals surface area contributed by atoms with E-state index in [1.807, 2.05) is 4.90 Å². The van der Waals surface area contributed by atoms with E-state index in [-0.39, 0.29) is 6.04 Å². The van der Waals surface area contributed by atoms with Crippen molar-refractivity contribution in [1.82, 2.24) is 10.2 Å². The van der Waals surface area contributed by atoms with Gasteiger partial charge in [0, 0.05) is 13.1 Å². The molecule has 1 heterocycles. The van der Waals surface area contributed by atoms with Gasteiger partial charge in [-0.2, -0.15) is 0 Å². The predicted molar refractivity (Wildman–Crippen MR) is 72.0 cm³/mol. The van der Waals surface area contributed by atoms with E-state index < -0.39 is 0 Å². The number of carbonyl (C=O) groups excluding carboxylic acids is 1. The molecular weight excluding hydrogens is 212 g/mol. The van der Waals surface area contributed by atoms with Crippen LogP contribution in [0, 0.1) is 5.92 Å². The summed E-state index contributed by atoms with van der Waals surface area (Å²) in [4.78, 5) is 14.4. The van der Waals surface area contributed by atoms with Crippen molar-refractivity contribution < 1.29 is 4.79 Å². The van der Waals surface area contributed by atoms with Gasteiger partial charge in [-0.25, -0.2) is 0 Å². The van der Waals surface area contributed by atoms with Crippen LogP contribution in [-0.4, -0.2) is 36.5 Å². The molecule has 0 aromatic heterocycles. The fourth-order valence-electron chi connectivity index (χ4n) is 2.65.